The Balaban J connectivity index is 1.51. The minimum Gasteiger partial charge on any atom is -0.337 e. The molecule has 154 valence electrons. The van der Waals surface area contributed by atoms with Crippen molar-refractivity contribution in [3.63, 3.8) is 0 Å². The Morgan fingerprint density at radius 1 is 0.700 bits per heavy atom. The first-order chi connectivity index (χ1) is 14.6. The maximum atomic E-state index is 12.3. The monoisotopic (exact) mass is 402 g/mol. The topological polar surface area (TPSA) is 82.3 Å². The number of urea groups is 2. The molecule has 3 aromatic carbocycles. The molecule has 0 aromatic heterocycles. The van der Waals surface area contributed by atoms with Gasteiger partial charge in [-0.15, -0.1) is 0 Å². The summed E-state index contributed by atoms with van der Waals surface area (Å²) in [6, 6.07) is 25.7. The van der Waals surface area contributed by atoms with Crippen LogP contribution in [0.1, 0.15) is 24.8 Å². The zero-order chi connectivity index (χ0) is 21.2. The van der Waals surface area contributed by atoms with Gasteiger partial charge in [0.2, 0.25) is 0 Å². The van der Waals surface area contributed by atoms with Gasteiger partial charge in [0.05, 0.1) is 0 Å². The van der Waals surface area contributed by atoms with Crippen molar-refractivity contribution >= 4 is 29.1 Å². The average Bonchev–Trinajstić information content (AvgIpc) is 2.76. The number of rotatable bonds is 7. The number of hydrogen-bond donors (Lipinski definition) is 4. The van der Waals surface area contributed by atoms with Crippen LogP contribution >= 0.6 is 0 Å². The molecule has 0 aliphatic carbocycles. The molecule has 1 atom stereocenters. The van der Waals surface area contributed by atoms with E-state index in [2.05, 4.69) is 40.3 Å². The third kappa shape index (κ3) is 6.38. The van der Waals surface area contributed by atoms with Crippen molar-refractivity contribution in [2.75, 3.05) is 22.5 Å². The van der Waals surface area contributed by atoms with Crippen LogP contribution in [0.4, 0.5) is 26.7 Å². The van der Waals surface area contributed by atoms with Crippen LogP contribution in [0.3, 0.4) is 0 Å². The average molecular weight is 402 g/mol. The molecule has 0 saturated heterocycles. The van der Waals surface area contributed by atoms with Crippen LogP contribution in [0, 0.1) is 0 Å². The summed E-state index contributed by atoms with van der Waals surface area (Å²) in [5.41, 5.74) is 3.08. The van der Waals surface area contributed by atoms with E-state index in [9.17, 15) is 9.59 Å². The summed E-state index contributed by atoms with van der Waals surface area (Å²) in [5, 5.41) is 11.3. The Bertz CT molecular complexity index is 961. The number of carbonyl (C=O) groups excluding carboxylic acids is 2. The molecular formula is C24H26N4O2. The summed E-state index contributed by atoms with van der Waals surface area (Å²) in [7, 11) is 0. The summed E-state index contributed by atoms with van der Waals surface area (Å²) in [4.78, 5) is 24.5. The molecule has 6 nitrogen and oxygen atoms in total. The molecule has 0 aliphatic rings. The lowest BCUT2D eigenvalue weighted by Crippen LogP contribution is -2.32. The minimum absolute atomic E-state index is 0.256. The standard InChI is InChI=1S/C24H26N4O2/c1-2-18(19-10-5-3-6-11-19)17-25-23(29)27-21-14-9-15-22(16-21)28-24(30)26-20-12-7-4-8-13-20/h3-16,18H,2,17H2,1H3,(H2,25,27,29)(H2,26,28,30). The fourth-order valence-electron chi connectivity index (χ4n) is 3.10. The molecule has 0 heterocycles. The maximum absolute atomic E-state index is 12.3. The van der Waals surface area contributed by atoms with Crippen LogP contribution in [-0.4, -0.2) is 18.6 Å². The summed E-state index contributed by atoms with van der Waals surface area (Å²) < 4.78 is 0. The molecule has 0 radical (unpaired) electrons. The van der Waals surface area contributed by atoms with Crippen molar-refractivity contribution in [3.8, 4) is 0 Å². The molecule has 0 spiro atoms. The second-order valence-corrected chi connectivity index (χ2v) is 6.88. The highest BCUT2D eigenvalue weighted by Crippen LogP contribution is 2.19. The Hall–Kier alpha value is -3.80. The highest BCUT2D eigenvalue weighted by molar-refractivity contribution is 6.00. The quantitative estimate of drug-likeness (QED) is 0.412. The van der Waals surface area contributed by atoms with Gasteiger partial charge in [-0.3, -0.25) is 0 Å². The third-order valence-electron chi connectivity index (χ3n) is 4.68. The first-order valence-corrected chi connectivity index (χ1v) is 9.97. The minimum atomic E-state index is -0.351. The van der Waals surface area contributed by atoms with E-state index in [1.807, 2.05) is 36.4 Å². The van der Waals surface area contributed by atoms with Crippen molar-refractivity contribution in [2.45, 2.75) is 19.3 Å². The van der Waals surface area contributed by atoms with E-state index in [0.29, 0.717) is 23.6 Å². The van der Waals surface area contributed by atoms with Crippen molar-refractivity contribution in [3.05, 3.63) is 90.5 Å². The Labute approximate surface area is 176 Å². The molecular weight excluding hydrogens is 376 g/mol. The zero-order valence-corrected chi connectivity index (χ0v) is 16.9. The predicted octanol–water partition coefficient (Wildman–Crippen LogP) is 5.65. The lowest BCUT2D eigenvalue weighted by Gasteiger charge is -2.16. The number of nitrogens with one attached hydrogen (secondary N) is 4. The number of benzene rings is 3. The van der Waals surface area contributed by atoms with E-state index >= 15 is 0 Å². The van der Waals surface area contributed by atoms with Gasteiger partial charge in [0, 0.05) is 29.5 Å². The maximum Gasteiger partial charge on any atom is 0.323 e. The molecule has 0 saturated carbocycles. The molecule has 0 bridgehead atoms. The van der Waals surface area contributed by atoms with Crippen LogP contribution < -0.4 is 21.3 Å². The van der Waals surface area contributed by atoms with E-state index in [4.69, 9.17) is 0 Å². The fourth-order valence-corrected chi connectivity index (χ4v) is 3.10. The zero-order valence-electron chi connectivity index (χ0n) is 16.9. The summed E-state index contributed by atoms with van der Waals surface area (Å²) >= 11 is 0. The van der Waals surface area contributed by atoms with Gasteiger partial charge >= 0.3 is 12.1 Å². The number of para-hydroxylation sites is 1. The highest BCUT2D eigenvalue weighted by atomic mass is 16.2. The van der Waals surface area contributed by atoms with Crippen molar-refractivity contribution < 1.29 is 9.59 Å². The van der Waals surface area contributed by atoms with Gasteiger partial charge in [-0.2, -0.15) is 0 Å². The lowest BCUT2D eigenvalue weighted by atomic mass is 9.97. The van der Waals surface area contributed by atoms with Crippen molar-refractivity contribution in [1.82, 2.24) is 5.32 Å². The second-order valence-electron chi connectivity index (χ2n) is 6.88. The predicted molar refractivity (Wildman–Crippen MR) is 122 cm³/mol. The Kier molecular flexibility index (Phi) is 7.44. The van der Waals surface area contributed by atoms with Crippen LogP contribution in [0.5, 0.6) is 0 Å². The van der Waals surface area contributed by atoms with Gasteiger partial charge in [-0.25, -0.2) is 9.59 Å². The highest BCUT2D eigenvalue weighted by Gasteiger charge is 2.11. The summed E-state index contributed by atoms with van der Waals surface area (Å²) in [6.45, 7) is 2.65. The smallest absolute Gasteiger partial charge is 0.323 e. The van der Waals surface area contributed by atoms with E-state index in [1.165, 1.54) is 5.56 Å². The van der Waals surface area contributed by atoms with Crippen LogP contribution in [0.2, 0.25) is 0 Å². The molecule has 30 heavy (non-hydrogen) atoms. The number of anilines is 3. The summed E-state index contributed by atoms with van der Waals surface area (Å²) in [6.07, 6.45) is 0.931. The van der Waals surface area contributed by atoms with Gasteiger partial charge in [0.15, 0.2) is 0 Å². The largest absolute Gasteiger partial charge is 0.337 e. The molecule has 0 aliphatic heterocycles. The van der Waals surface area contributed by atoms with Crippen LogP contribution in [0.15, 0.2) is 84.9 Å². The van der Waals surface area contributed by atoms with Crippen molar-refractivity contribution in [1.29, 1.82) is 0 Å². The number of carbonyl (C=O) groups is 2. The van der Waals surface area contributed by atoms with E-state index in [0.717, 1.165) is 6.42 Å². The molecule has 6 heteroatoms. The fraction of sp³-hybridized carbons (Fsp3) is 0.167. The van der Waals surface area contributed by atoms with Gasteiger partial charge in [-0.1, -0.05) is 61.5 Å². The molecule has 4 N–H and O–H groups in total. The normalized spacial score (nSPS) is 11.2. The number of hydrogen-bond acceptors (Lipinski definition) is 2. The molecule has 3 aromatic rings. The molecule has 4 amide bonds. The van der Waals surface area contributed by atoms with Crippen LogP contribution in [-0.2, 0) is 0 Å². The second kappa shape index (κ2) is 10.7. The third-order valence-corrected chi connectivity index (χ3v) is 4.68. The van der Waals surface area contributed by atoms with Gasteiger partial charge in [0.25, 0.3) is 0 Å². The molecule has 3 rings (SSSR count). The number of amides is 4. The van der Waals surface area contributed by atoms with Gasteiger partial charge in [0.1, 0.15) is 0 Å². The first kappa shape index (κ1) is 20.9. The van der Waals surface area contributed by atoms with E-state index < -0.39 is 0 Å². The van der Waals surface area contributed by atoms with Crippen LogP contribution in [0.25, 0.3) is 0 Å². The van der Waals surface area contributed by atoms with E-state index in [1.54, 1.807) is 36.4 Å². The van der Waals surface area contributed by atoms with Gasteiger partial charge < -0.3 is 21.3 Å². The van der Waals surface area contributed by atoms with Crippen molar-refractivity contribution in [2.24, 2.45) is 0 Å². The lowest BCUT2D eigenvalue weighted by molar-refractivity contribution is 0.251. The van der Waals surface area contributed by atoms with Gasteiger partial charge in [-0.05, 0) is 42.3 Å². The molecule has 1 unspecified atom stereocenters. The Morgan fingerprint density at radius 3 is 1.87 bits per heavy atom. The Morgan fingerprint density at radius 2 is 1.23 bits per heavy atom. The summed E-state index contributed by atoms with van der Waals surface area (Å²) in [5.74, 6) is 0.256. The van der Waals surface area contributed by atoms with E-state index in [-0.39, 0.29) is 18.0 Å². The SMILES string of the molecule is CCC(CNC(=O)Nc1cccc(NC(=O)Nc2ccccc2)c1)c1ccccc1. The first-order valence-electron chi connectivity index (χ1n) is 9.97. The molecule has 0 fully saturated rings.